The van der Waals surface area contributed by atoms with Crippen molar-refractivity contribution in [1.29, 1.82) is 0 Å². The lowest BCUT2D eigenvalue weighted by atomic mass is 9.98. The summed E-state index contributed by atoms with van der Waals surface area (Å²) in [5, 5.41) is 3.06. The smallest absolute Gasteiger partial charge is 0.222 e. The molecule has 1 aromatic rings. The molecule has 2 rings (SSSR count). The number of nitrogen functional groups attached to an aromatic ring is 1. The van der Waals surface area contributed by atoms with Crippen molar-refractivity contribution in [2.45, 2.75) is 18.8 Å². The van der Waals surface area contributed by atoms with E-state index in [1.807, 2.05) is 7.05 Å². The van der Waals surface area contributed by atoms with E-state index in [1.165, 1.54) is 0 Å². The Hall–Kier alpha value is -1.40. The van der Waals surface area contributed by atoms with Crippen LogP contribution in [0, 0.1) is 0 Å². The normalized spacial score (nSPS) is 19.5. The van der Waals surface area contributed by atoms with E-state index in [4.69, 9.17) is 16.2 Å². The molecule has 1 fully saturated rings. The molecule has 0 aliphatic carbocycles. The first-order valence-corrected chi connectivity index (χ1v) is 5.88. The average Bonchev–Trinajstić information content (AvgIpc) is 2.84. The highest BCUT2D eigenvalue weighted by atomic mass is 16.5. The van der Waals surface area contributed by atoms with Crippen molar-refractivity contribution in [1.82, 2.24) is 9.97 Å². The van der Waals surface area contributed by atoms with Crippen LogP contribution in [-0.2, 0) is 11.2 Å². The average molecular weight is 237 g/mol. The van der Waals surface area contributed by atoms with Gasteiger partial charge < -0.3 is 21.5 Å². The maximum atomic E-state index is 5.73. The second kappa shape index (κ2) is 5.29. The molecular formula is C11H19N5O. The summed E-state index contributed by atoms with van der Waals surface area (Å²) >= 11 is 0. The number of nitrogens with two attached hydrogens (primary N) is 2. The zero-order chi connectivity index (χ0) is 12.3. The van der Waals surface area contributed by atoms with E-state index in [9.17, 15) is 0 Å². The van der Waals surface area contributed by atoms with Gasteiger partial charge in [-0.15, -0.1) is 0 Å². The predicted octanol–water partition coefficient (Wildman–Crippen LogP) is 0.106. The van der Waals surface area contributed by atoms with Crippen molar-refractivity contribution in [2.75, 3.05) is 37.9 Å². The number of nitrogens with zero attached hydrogens (tertiary/aromatic N) is 2. The topological polar surface area (TPSA) is 99.1 Å². The first-order valence-electron chi connectivity index (χ1n) is 5.88. The van der Waals surface area contributed by atoms with Gasteiger partial charge >= 0.3 is 0 Å². The van der Waals surface area contributed by atoms with Gasteiger partial charge in [0.15, 0.2) is 0 Å². The van der Waals surface area contributed by atoms with Crippen LogP contribution in [0.5, 0.6) is 0 Å². The first kappa shape index (κ1) is 12.1. The molecule has 1 aromatic heterocycles. The third kappa shape index (κ3) is 2.48. The molecule has 5 N–H and O–H groups in total. The molecule has 6 heteroatoms. The minimum atomic E-state index is 0.303. The molecule has 0 bridgehead atoms. The number of anilines is 2. The van der Waals surface area contributed by atoms with Gasteiger partial charge in [-0.05, 0) is 19.4 Å². The van der Waals surface area contributed by atoms with Crippen molar-refractivity contribution in [3.05, 3.63) is 11.3 Å². The second-order valence-electron chi connectivity index (χ2n) is 4.14. The van der Waals surface area contributed by atoms with Gasteiger partial charge in [-0.25, -0.2) is 4.98 Å². The fraction of sp³-hybridized carbons (Fsp3) is 0.636. The summed E-state index contributed by atoms with van der Waals surface area (Å²) in [5.74, 6) is 1.40. The lowest BCUT2D eigenvalue weighted by Gasteiger charge is -2.16. The monoisotopic (exact) mass is 237 g/mol. The Morgan fingerprint density at radius 1 is 1.47 bits per heavy atom. The summed E-state index contributed by atoms with van der Waals surface area (Å²) < 4.78 is 5.41. The lowest BCUT2D eigenvalue weighted by molar-refractivity contribution is 0.193. The van der Waals surface area contributed by atoms with Gasteiger partial charge in [-0.3, -0.25) is 0 Å². The Morgan fingerprint density at radius 2 is 2.29 bits per heavy atom. The summed E-state index contributed by atoms with van der Waals surface area (Å²) in [7, 11) is 1.83. The van der Waals surface area contributed by atoms with E-state index >= 15 is 0 Å². The van der Waals surface area contributed by atoms with Crippen LogP contribution in [0.4, 0.5) is 11.8 Å². The third-order valence-electron chi connectivity index (χ3n) is 3.00. The minimum absolute atomic E-state index is 0.303. The number of hydrogen-bond acceptors (Lipinski definition) is 6. The summed E-state index contributed by atoms with van der Waals surface area (Å²) in [6.07, 6.45) is 1.74. The van der Waals surface area contributed by atoms with Crippen LogP contribution >= 0.6 is 0 Å². The van der Waals surface area contributed by atoms with Crippen LogP contribution in [0.3, 0.4) is 0 Å². The number of rotatable bonds is 4. The van der Waals surface area contributed by atoms with Crippen LogP contribution in [0.2, 0.25) is 0 Å². The van der Waals surface area contributed by atoms with E-state index in [0.717, 1.165) is 36.5 Å². The Labute approximate surface area is 101 Å². The first-order chi connectivity index (χ1) is 8.26. The molecule has 1 aliphatic rings. The standard InChI is InChI=1S/C11H19N5O/c1-14-10-8(2-4-12)9(15-11(13)16-10)7-3-5-17-6-7/h7H,2-6,12H2,1H3,(H3,13,14,15,16). The fourth-order valence-corrected chi connectivity index (χ4v) is 2.20. The molecule has 0 spiro atoms. The highest BCUT2D eigenvalue weighted by Crippen LogP contribution is 2.30. The zero-order valence-electron chi connectivity index (χ0n) is 10.1. The van der Waals surface area contributed by atoms with Crippen LogP contribution in [0.1, 0.15) is 23.6 Å². The van der Waals surface area contributed by atoms with Crippen molar-refractivity contribution in [3.8, 4) is 0 Å². The SMILES string of the molecule is CNc1nc(N)nc(C2CCOC2)c1CCN. The highest BCUT2D eigenvalue weighted by Gasteiger charge is 2.24. The van der Waals surface area contributed by atoms with Gasteiger partial charge in [0.05, 0.1) is 12.3 Å². The fourth-order valence-electron chi connectivity index (χ4n) is 2.20. The molecule has 94 valence electrons. The largest absolute Gasteiger partial charge is 0.381 e. The van der Waals surface area contributed by atoms with Crippen molar-refractivity contribution in [3.63, 3.8) is 0 Å². The molecule has 0 aromatic carbocycles. The van der Waals surface area contributed by atoms with Crippen molar-refractivity contribution in [2.24, 2.45) is 5.73 Å². The second-order valence-corrected chi connectivity index (χ2v) is 4.14. The van der Waals surface area contributed by atoms with Crippen LogP contribution in [-0.4, -0.2) is 36.8 Å². The van der Waals surface area contributed by atoms with Gasteiger partial charge in [-0.1, -0.05) is 0 Å². The van der Waals surface area contributed by atoms with E-state index < -0.39 is 0 Å². The van der Waals surface area contributed by atoms with Crippen molar-refractivity contribution >= 4 is 11.8 Å². The number of ether oxygens (including phenoxy) is 1. The van der Waals surface area contributed by atoms with E-state index in [-0.39, 0.29) is 0 Å². The summed E-state index contributed by atoms with van der Waals surface area (Å²) in [4.78, 5) is 8.57. The van der Waals surface area contributed by atoms with Gasteiger partial charge in [0, 0.05) is 25.1 Å². The molecule has 0 radical (unpaired) electrons. The molecule has 6 nitrogen and oxygen atoms in total. The predicted molar refractivity (Wildman–Crippen MR) is 66.9 cm³/mol. The van der Waals surface area contributed by atoms with E-state index in [0.29, 0.717) is 25.0 Å². The molecule has 2 heterocycles. The molecule has 1 atom stereocenters. The Balaban J connectivity index is 2.42. The Bertz CT molecular complexity index is 390. The van der Waals surface area contributed by atoms with Crippen LogP contribution in [0.15, 0.2) is 0 Å². The maximum absolute atomic E-state index is 5.73. The van der Waals surface area contributed by atoms with Gasteiger partial charge in [0.2, 0.25) is 5.95 Å². The highest BCUT2D eigenvalue weighted by molar-refractivity contribution is 5.50. The van der Waals surface area contributed by atoms with Crippen molar-refractivity contribution < 1.29 is 4.74 Å². The Morgan fingerprint density at radius 3 is 2.88 bits per heavy atom. The third-order valence-corrected chi connectivity index (χ3v) is 3.00. The van der Waals surface area contributed by atoms with E-state index in [2.05, 4.69) is 15.3 Å². The molecule has 1 unspecified atom stereocenters. The van der Waals surface area contributed by atoms with Crippen LogP contribution < -0.4 is 16.8 Å². The summed E-state index contributed by atoms with van der Waals surface area (Å²) in [5.41, 5.74) is 13.4. The molecule has 17 heavy (non-hydrogen) atoms. The number of hydrogen-bond donors (Lipinski definition) is 3. The molecule has 0 amide bonds. The lowest BCUT2D eigenvalue weighted by Crippen LogP contribution is -2.15. The molecule has 1 aliphatic heterocycles. The van der Waals surface area contributed by atoms with Crippen LogP contribution in [0.25, 0.3) is 0 Å². The zero-order valence-corrected chi connectivity index (χ0v) is 10.1. The molecule has 1 saturated heterocycles. The van der Waals surface area contributed by atoms with E-state index in [1.54, 1.807) is 0 Å². The van der Waals surface area contributed by atoms with Gasteiger partial charge in [0.25, 0.3) is 0 Å². The Kier molecular flexibility index (Phi) is 3.75. The summed E-state index contributed by atoms with van der Waals surface area (Å²) in [6, 6.07) is 0. The maximum Gasteiger partial charge on any atom is 0.222 e. The molecular weight excluding hydrogens is 218 g/mol. The number of aromatic nitrogens is 2. The molecule has 0 saturated carbocycles. The van der Waals surface area contributed by atoms with Gasteiger partial charge in [0.1, 0.15) is 5.82 Å². The minimum Gasteiger partial charge on any atom is -0.381 e. The number of nitrogens with one attached hydrogen (secondary N) is 1. The summed E-state index contributed by atoms with van der Waals surface area (Å²) in [6.45, 7) is 2.06. The van der Waals surface area contributed by atoms with Gasteiger partial charge in [-0.2, -0.15) is 4.98 Å². The quantitative estimate of drug-likeness (QED) is 0.687.